The molecule has 3 N–H and O–H groups in total. The van der Waals surface area contributed by atoms with Gasteiger partial charge in [-0.25, -0.2) is 9.98 Å². The van der Waals surface area contributed by atoms with Crippen LogP contribution in [0.2, 0.25) is 0 Å². The van der Waals surface area contributed by atoms with E-state index in [-0.39, 0.29) is 6.54 Å². The zero-order chi connectivity index (χ0) is 19.9. The Hall–Kier alpha value is -2.13. The van der Waals surface area contributed by atoms with Crippen molar-refractivity contribution >= 4 is 17.3 Å². The standard InChI is InChI=1S/C18H23F3N4OS/c1-3-22-16(24-12-17(2,26)13-7-5-4-6-8-13)23-10-9-15-25-14(11-27-15)18(19,20)21/h4-8,11,26H,3,9-10,12H2,1-2H3,(H2,22,23,24). The highest BCUT2D eigenvalue weighted by atomic mass is 32.1. The highest BCUT2D eigenvalue weighted by Crippen LogP contribution is 2.30. The van der Waals surface area contributed by atoms with Gasteiger partial charge in [0.2, 0.25) is 0 Å². The summed E-state index contributed by atoms with van der Waals surface area (Å²) in [5.74, 6) is 0.487. The molecule has 1 heterocycles. The molecule has 0 saturated heterocycles. The van der Waals surface area contributed by atoms with Crippen LogP contribution in [-0.2, 0) is 18.2 Å². The number of nitrogens with zero attached hydrogens (tertiary/aromatic N) is 2. The predicted octanol–water partition coefficient (Wildman–Crippen LogP) is 3.17. The van der Waals surface area contributed by atoms with Crippen molar-refractivity contribution in [3.63, 3.8) is 0 Å². The predicted molar refractivity (Wildman–Crippen MR) is 101 cm³/mol. The Morgan fingerprint density at radius 1 is 1.22 bits per heavy atom. The number of nitrogens with one attached hydrogen (secondary N) is 2. The van der Waals surface area contributed by atoms with Crippen molar-refractivity contribution < 1.29 is 18.3 Å². The molecule has 0 fully saturated rings. The normalized spacial score (nSPS) is 14.7. The third kappa shape index (κ3) is 6.51. The Bertz CT molecular complexity index is 745. The van der Waals surface area contributed by atoms with E-state index in [1.807, 2.05) is 37.3 Å². The van der Waals surface area contributed by atoms with Crippen LogP contribution in [-0.4, -0.2) is 35.7 Å². The quantitative estimate of drug-likeness (QED) is 0.493. The summed E-state index contributed by atoms with van der Waals surface area (Å²) in [6, 6.07) is 9.23. The lowest BCUT2D eigenvalue weighted by Gasteiger charge is -2.22. The number of hydrogen-bond donors (Lipinski definition) is 3. The molecule has 0 radical (unpaired) electrons. The smallest absolute Gasteiger partial charge is 0.384 e. The van der Waals surface area contributed by atoms with Crippen LogP contribution in [0, 0.1) is 0 Å². The van der Waals surface area contributed by atoms with Gasteiger partial charge in [-0.2, -0.15) is 13.2 Å². The molecule has 2 rings (SSSR count). The molecule has 27 heavy (non-hydrogen) atoms. The van der Waals surface area contributed by atoms with Gasteiger partial charge in [0.05, 0.1) is 11.6 Å². The number of alkyl halides is 3. The van der Waals surface area contributed by atoms with Gasteiger partial charge in [0, 0.05) is 24.9 Å². The first-order valence-corrected chi connectivity index (χ1v) is 9.42. The molecule has 0 bridgehead atoms. The highest BCUT2D eigenvalue weighted by Gasteiger charge is 2.33. The van der Waals surface area contributed by atoms with Gasteiger partial charge in [0.25, 0.3) is 0 Å². The van der Waals surface area contributed by atoms with Gasteiger partial charge < -0.3 is 15.7 Å². The number of thiazole rings is 1. The van der Waals surface area contributed by atoms with Crippen molar-refractivity contribution in [2.75, 3.05) is 19.6 Å². The summed E-state index contributed by atoms with van der Waals surface area (Å²) < 4.78 is 37.7. The molecule has 0 aliphatic heterocycles. The van der Waals surface area contributed by atoms with Crippen molar-refractivity contribution in [1.29, 1.82) is 0 Å². The molecular weight excluding hydrogens is 377 g/mol. The van der Waals surface area contributed by atoms with Gasteiger partial charge in [-0.15, -0.1) is 11.3 Å². The molecule has 0 saturated carbocycles. The molecule has 9 heteroatoms. The fraction of sp³-hybridized carbons (Fsp3) is 0.444. The van der Waals surface area contributed by atoms with E-state index >= 15 is 0 Å². The second kappa shape index (κ2) is 9.18. The van der Waals surface area contributed by atoms with E-state index in [0.29, 0.717) is 30.5 Å². The van der Waals surface area contributed by atoms with Gasteiger partial charge >= 0.3 is 6.18 Å². The summed E-state index contributed by atoms with van der Waals surface area (Å²) in [4.78, 5) is 7.99. The van der Waals surface area contributed by atoms with Crippen molar-refractivity contribution in [3.05, 3.63) is 52.0 Å². The zero-order valence-corrected chi connectivity index (χ0v) is 16.0. The summed E-state index contributed by atoms with van der Waals surface area (Å²) in [7, 11) is 0. The van der Waals surface area contributed by atoms with Crippen LogP contribution in [0.3, 0.4) is 0 Å². The van der Waals surface area contributed by atoms with Gasteiger partial charge in [0.15, 0.2) is 11.7 Å². The number of hydrogen-bond acceptors (Lipinski definition) is 4. The van der Waals surface area contributed by atoms with E-state index in [4.69, 9.17) is 0 Å². The van der Waals surface area contributed by atoms with Crippen LogP contribution < -0.4 is 10.6 Å². The van der Waals surface area contributed by atoms with E-state index in [1.165, 1.54) is 0 Å². The minimum absolute atomic E-state index is 0.141. The third-order valence-corrected chi connectivity index (χ3v) is 4.67. The Labute approximate surface area is 160 Å². The lowest BCUT2D eigenvalue weighted by Crippen LogP contribution is -2.39. The van der Waals surface area contributed by atoms with Crippen molar-refractivity contribution in [3.8, 4) is 0 Å². The molecular formula is C18H23F3N4OS. The number of guanidine groups is 1. The van der Waals surface area contributed by atoms with Crippen LogP contribution in [0.15, 0.2) is 40.7 Å². The number of benzene rings is 1. The van der Waals surface area contributed by atoms with E-state index in [9.17, 15) is 18.3 Å². The average molecular weight is 400 g/mol. The van der Waals surface area contributed by atoms with E-state index < -0.39 is 17.5 Å². The summed E-state index contributed by atoms with van der Waals surface area (Å²) in [6.07, 6.45) is -4.07. The molecule has 0 amide bonds. The molecule has 1 atom stereocenters. The minimum atomic E-state index is -4.42. The van der Waals surface area contributed by atoms with Crippen molar-refractivity contribution in [2.24, 2.45) is 4.99 Å². The second-order valence-electron chi connectivity index (χ2n) is 6.14. The maximum atomic E-state index is 12.6. The largest absolute Gasteiger partial charge is 0.434 e. The van der Waals surface area contributed by atoms with Gasteiger partial charge in [0.1, 0.15) is 5.60 Å². The summed E-state index contributed by atoms with van der Waals surface area (Å²) in [6.45, 7) is 4.73. The SMILES string of the molecule is CCNC(=NCC(C)(O)c1ccccc1)NCCc1nc(C(F)(F)F)cs1. The number of rotatable bonds is 7. The Balaban J connectivity index is 1.93. The van der Waals surface area contributed by atoms with Gasteiger partial charge in [-0.05, 0) is 19.4 Å². The fourth-order valence-electron chi connectivity index (χ4n) is 2.31. The Morgan fingerprint density at radius 2 is 1.93 bits per heavy atom. The van der Waals surface area contributed by atoms with Crippen molar-refractivity contribution in [2.45, 2.75) is 32.0 Å². The maximum absolute atomic E-state index is 12.6. The molecule has 1 aromatic carbocycles. The first kappa shape index (κ1) is 21.2. The monoisotopic (exact) mass is 400 g/mol. The topological polar surface area (TPSA) is 69.5 Å². The molecule has 0 aliphatic rings. The zero-order valence-electron chi connectivity index (χ0n) is 15.2. The highest BCUT2D eigenvalue weighted by molar-refractivity contribution is 7.09. The van der Waals surface area contributed by atoms with E-state index in [0.717, 1.165) is 22.3 Å². The van der Waals surface area contributed by atoms with Crippen LogP contribution in [0.5, 0.6) is 0 Å². The molecule has 148 valence electrons. The number of halogens is 3. The van der Waals surface area contributed by atoms with Gasteiger partial charge in [-0.3, -0.25) is 0 Å². The lowest BCUT2D eigenvalue weighted by atomic mass is 9.96. The Morgan fingerprint density at radius 3 is 2.52 bits per heavy atom. The summed E-state index contributed by atoms with van der Waals surface area (Å²) in [5.41, 5.74) is -1.23. The number of aliphatic hydroxyl groups is 1. The minimum Gasteiger partial charge on any atom is -0.384 e. The maximum Gasteiger partial charge on any atom is 0.434 e. The number of aromatic nitrogens is 1. The number of aliphatic imine (C=N–C) groups is 1. The summed E-state index contributed by atoms with van der Waals surface area (Å²) in [5, 5.41) is 18.1. The fourth-order valence-corrected chi connectivity index (χ4v) is 3.11. The van der Waals surface area contributed by atoms with Crippen molar-refractivity contribution in [1.82, 2.24) is 15.6 Å². The van der Waals surface area contributed by atoms with Crippen LogP contribution in [0.4, 0.5) is 13.2 Å². The van der Waals surface area contributed by atoms with E-state index in [1.54, 1.807) is 6.92 Å². The molecule has 0 spiro atoms. The first-order chi connectivity index (χ1) is 12.7. The summed E-state index contributed by atoms with van der Waals surface area (Å²) >= 11 is 0.985. The average Bonchev–Trinajstić information content (AvgIpc) is 3.10. The van der Waals surface area contributed by atoms with Crippen LogP contribution in [0.1, 0.15) is 30.1 Å². The third-order valence-electron chi connectivity index (χ3n) is 3.76. The lowest BCUT2D eigenvalue weighted by molar-refractivity contribution is -0.140. The molecule has 2 aromatic rings. The second-order valence-corrected chi connectivity index (χ2v) is 7.08. The molecule has 0 aliphatic carbocycles. The van der Waals surface area contributed by atoms with Crippen LogP contribution in [0.25, 0.3) is 0 Å². The Kier molecular flexibility index (Phi) is 7.20. The molecule has 1 aromatic heterocycles. The van der Waals surface area contributed by atoms with Crippen LogP contribution >= 0.6 is 11.3 Å². The van der Waals surface area contributed by atoms with E-state index in [2.05, 4.69) is 20.6 Å². The first-order valence-electron chi connectivity index (χ1n) is 8.54. The van der Waals surface area contributed by atoms with Gasteiger partial charge in [-0.1, -0.05) is 30.3 Å². The molecule has 1 unspecified atom stereocenters. The molecule has 5 nitrogen and oxygen atoms in total.